The number of rotatable bonds is 8. The van der Waals surface area contributed by atoms with Crippen LogP contribution in [0.5, 0.6) is 0 Å². The molecule has 1 amide bonds. The SMILES string of the molecule is CC(=O)Nc1ccc(S(=O)(=O)NCCCSc2ccc(F)cc2)cc1. The summed E-state index contributed by atoms with van der Waals surface area (Å²) in [5, 5.41) is 2.58. The highest BCUT2D eigenvalue weighted by atomic mass is 32.2. The number of thioether (sulfide) groups is 1. The summed E-state index contributed by atoms with van der Waals surface area (Å²) in [6, 6.07) is 12.2. The Hall–Kier alpha value is -1.90. The highest BCUT2D eigenvalue weighted by Crippen LogP contribution is 2.19. The molecular formula is C17H19FN2O3S2. The second-order valence-electron chi connectivity index (χ2n) is 5.26. The van der Waals surface area contributed by atoms with Gasteiger partial charge in [-0.3, -0.25) is 4.79 Å². The van der Waals surface area contributed by atoms with Crippen molar-refractivity contribution >= 4 is 33.4 Å². The highest BCUT2D eigenvalue weighted by Gasteiger charge is 2.13. The van der Waals surface area contributed by atoms with Crippen LogP contribution in [0.15, 0.2) is 58.3 Å². The van der Waals surface area contributed by atoms with Crippen LogP contribution in [0.4, 0.5) is 10.1 Å². The molecule has 134 valence electrons. The van der Waals surface area contributed by atoms with E-state index in [9.17, 15) is 17.6 Å². The lowest BCUT2D eigenvalue weighted by Gasteiger charge is -2.08. The van der Waals surface area contributed by atoms with Crippen LogP contribution in [0, 0.1) is 5.82 Å². The molecule has 25 heavy (non-hydrogen) atoms. The number of halogens is 1. The van der Waals surface area contributed by atoms with E-state index in [1.165, 1.54) is 31.2 Å². The molecule has 0 atom stereocenters. The fourth-order valence-electron chi connectivity index (χ4n) is 2.00. The van der Waals surface area contributed by atoms with Gasteiger partial charge in [-0.2, -0.15) is 0 Å². The minimum Gasteiger partial charge on any atom is -0.326 e. The molecule has 5 nitrogen and oxygen atoms in total. The summed E-state index contributed by atoms with van der Waals surface area (Å²) in [5.74, 6) is 0.226. The number of nitrogens with one attached hydrogen (secondary N) is 2. The maximum absolute atomic E-state index is 12.8. The van der Waals surface area contributed by atoms with Gasteiger partial charge in [0.05, 0.1) is 4.90 Å². The standard InChI is InChI=1S/C17H19FN2O3S2/c1-13(21)20-15-5-9-17(10-6-15)25(22,23)19-11-2-12-24-16-7-3-14(18)4-8-16/h3-10,19H,2,11-12H2,1H3,(H,20,21). The topological polar surface area (TPSA) is 75.3 Å². The average molecular weight is 382 g/mol. The average Bonchev–Trinajstić information content (AvgIpc) is 2.56. The van der Waals surface area contributed by atoms with Gasteiger partial charge in [-0.15, -0.1) is 11.8 Å². The number of carbonyl (C=O) groups is 1. The summed E-state index contributed by atoms with van der Waals surface area (Å²) in [5.41, 5.74) is 0.544. The fourth-order valence-corrected chi connectivity index (χ4v) is 3.93. The zero-order valence-electron chi connectivity index (χ0n) is 13.7. The lowest BCUT2D eigenvalue weighted by Crippen LogP contribution is -2.25. The number of hydrogen-bond acceptors (Lipinski definition) is 4. The molecule has 0 aliphatic carbocycles. The molecule has 2 aromatic carbocycles. The Morgan fingerprint density at radius 3 is 2.32 bits per heavy atom. The van der Waals surface area contributed by atoms with E-state index in [0.717, 1.165) is 10.6 Å². The van der Waals surface area contributed by atoms with Crippen LogP contribution in [0.2, 0.25) is 0 Å². The molecule has 0 spiro atoms. The first-order valence-electron chi connectivity index (χ1n) is 7.62. The Bertz CT molecular complexity index is 807. The molecule has 0 bridgehead atoms. The van der Waals surface area contributed by atoms with E-state index in [0.29, 0.717) is 18.7 Å². The van der Waals surface area contributed by atoms with Crippen molar-refractivity contribution < 1.29 is 17.6 Å². The van der Waals surface area contributed by atoms with E-state index >= 15 is 0 Å². The van der Waals surface area contributed by atoms with Gasteiger partial charge < -0.3 is 5.32 Å². The fraction of sp³-hybridized carbons (Fsp3) is 0.235. The van der Waals surface area contributed by atoms with Gasteiger partial charge in [0.15, 0.2) is 0 Å². The summed E-state index contributed by atoms with van der Waals surface area (Å²) in [6.45, 7) is 1.69. The predicted octanol–water partition coefficient (Wildman–Crippen LogP) is 3.24. The van der Waals surface area contributed by atoms with Gasteiger partial charge >= 0.3 is 0 Å². The molecule has 0 saturated heterocycles. The lowest BCUT2D eigenvalue weighted by atomic mass is 10.3. The Morgan fingerprint density at radius 2 is 1.72 bits per heavy atom. The predicted molar refractivity (Wildman–Crippen MR) is 97.7 cm³/mol. The number of benzene rings is 2. The number of sulfonamides is 1. The zero-order valence-corrected chi connectivity index (χ0v) is 15.3. The zero-order chi connectivity index (χ0) is 18.3. The van der Waals surface area contributed by atoms with Crippen LogP contribution >= 0.6 is 11.8 Å². The summed E-state index contributed by atoms with van der Waals surface area (Å²) < 4.78 is 39.7. The number of anilines is 1. The molecule has 0 radical (unpaired) electrons. The summed E-state index contributed by atoms with van der Waals surface area (Å²) >= 11 is 1.54. The highest BCUT2D eigenvalue weighted by molar-refractivity contribution is 7.99. The van der Waals surface area contributed by atoms with Gasteiger partial charge in [0.25, 0.3) is 0 Å². The minimum atomic E-state index is -3.58. The monoisotopic (exact) mass is 382 g/mol. The Labute approximate surface area is 151 Å². The molecule has 2 rings (SSSR count). The number of amides is 1. The third kappa shape index (κ3) is 6.49. The van der Waals surface area contributed by atoms with Crippen molar-refractivity contribution in [3.8, 4) is 0 Å². The largest absolute Gasteiger partial charge is 0.326 e. The van der Waals surface area contributed by atoms with Gasteiger partial charge in [-0.1, -0.05) is 0 Å². The van der Waals surface area contributed by atoms with Crippen molar-refractivity contribution in [1.29, 1.82) is 0 Å². The van der Waals surface area contributed by atoms with Gasteiger partial charge in [0.1, 0.15) is 5.82 Å². The Morgan fingerprint density at radius 1 is 1.08 bits per heavy atom. The molecule has 8 heteroatoms. The lowest BCUT2D eigenvalue weighted by molar-refractivity contribution is -0.114. The van der Waals surface area contributed by atoms with E-state index in [4.69, 9.17) is 0 Å². The smallest absolute Gasteiger partial charge is 0.240 e. The maximum atomic E-state index is 12.8. The minimum absolute atomic E-state index is 0.146. The molecule has 2 N–H and O–H groups in total. The van der Waals surface area contributed by atoms with Crippen molar-refractivity contribution in [2.24, 2.45) is 0 Å². The molecule has 0 heterocycles. The third-order valence-electron chi connectivity index (χ3n) is 3.18. The number of carbonyl (C=O) groups excluding carboxylic acids is 1. The van der Waals surface area contributed by atoms with Gasteiger partial charge in [0, 0.05) is 24.1 Å². The molecule has 0 fully saturated rings. The van der Waals surface area contributed by atoms with E-state index < -0.39 is 10.0 Å². The summed E-state index contributed by atoms with van der Waals surface area (Å²) in [6.07, 6.45) is 0.644. The van der Waals surface area contributed by atoms with Crippen molar-refractivity contribution in [2.75, 3.05) is 17.6 Å². The van der Waals surface area contributed by atoms with Crippen LogP contribution in [0.25, 0.3) is 0 Å². The van der Waals surface area contributed by atoms with Crippen LogP contribution in [0.1, 0.15) is 13.3 Å². The molecule has 0 aliphatic heterocycles. The van der Waals surface area contributed by atoms with Gasteiger partial charge in [0.2, 0.25) is 15.9 Å². The third-order valence-corrected chi connectivity index (χ3v) is 5.76. The summed E-state index contributed by atoms with van der Waals surface area (Å²) in [7, 11) is -3.58. The second-order valence-corrected chi connectivity index (χ2v) is 8.19. The number of hydrogen-bond donors (Lipinski definition) is 2. The van der Waals surface area contributed by atoms with Crippen LogP contribution in [0.3, 0.4) is 0 Å². The molecule has 2 aromatic rings. The van der Waals surface area contributed by atoms with E-state index in [1.807, 2.05) is 0 Å². The van der Waals surface area contributed by atoms with E-state index in [1.54, 1.807) is 36.0 Å². The maximum Gasteiger partial charge on any atom is 0.240 e. The van der Waals surface area contributed by atoms with E-state index in [-0.39, 0.29) is 16.6 Å². The quantitative estimate of drug-likeness (QED) is 0.543. The Balaban J connectivity index is 1.78. The van der Waals surface area contributed by atoms with Crippen molar-refractivity contribution in [1.82, 2.24) is 4.72 Å². The van der Waals surface area contributed by atoms with Crippen molar-refractivity contribution in [3.05, 3.63) is 54.3 Å². The van der Waals surface area contributed by atoms with Crippen molar-refractivity contribution in [3.63, 3.8) is 0 Å². The first-order valence-corrected chi connectivity index (χ1v) is 10.1. The summed E-state index contributed by atoms with van der Waals surface area (Å²) in [4.78, 5) is 12.0. The van der Waals surface area contributed by atoms with Crippen LogP contribution in [-0.2, 0) is 14.8 Å². The molecule has 0 aliphatic rings. The molecular weight excluding hydrogens is 363 g/mol. The van der Waals surface area contributed by atoms with Crippen molar-refractivity contribution in [2.45, 2.75) is 23.1 Å². The second kappa shape index (κ2) is 8.98. The first-order chi connectivity index (χ1) is 11.9. The normalized spacial score (nSPS) is 11.3. The van der Waals surface area contributed by atoms with Gasteiger partial charge in [-0.05, 0) is 60.7 Å². The van der Waals surface area contributed by atoms with E-state index in [2.05, 4.69) is 10.0 Å². The molecule has 0 unspecified atom stereocenters. The van der Waals surface area contributed by atoms with Crippen LogP contribution in [-0.4, -0.2) is 26.6 Å². The van der Waals surface area contributed by atoms with Crippen LogP contribution < -0.4 is 10.0 Å². The Kier molecular flexibility index (Phi) is 6.98. The molecule has 0 aromatic heterocycles. The first kappa shape index (κ1) is 19.4. The molecule has 0 saturated carbocycles. The van der Waals surface area contributed by atoms with Gasteiger partial charge in [-0.25, -0.2) is 17.5 Å².